The molecule has 2 N–H and O–H groups in total. The van der Waals surface area contributed by atoms with E-state index in [9.17, 15) is 9.59 Å². The zero-order valence-electron chi connectivity index (χ0n) is 13.9. The van der Waals surface area contributed by atoms with Gasteiger partial charge >= 0.3 is 6.03 Å². The van der Waals surface area contributed by atoms with Crippen molar-refractivity contribution in [2.24, 2.45) is 0 Å². The topological polar surface area (TPSA) is 75.5 Å². The van der Waals surface area contributed by atoms with Gasteiger partial charge in [0, 0.05) is 31.0 Å². The average molecular weight is 337 g/mol. The summed E-state index contributed by atoms with van der Waals surface area (Å²) in [5.74, 6) is -0.222. The Morgan fingerprint density at radius 3 is 2.16 bits per heavy atom. The van der Waals surface area contributed by atoms with Gasteiger partial charge in [0.1, 0.15) is 6.04 Å². The van der Waals surface area contributed by atoms with Gasteiger partial charge in [-0.05, 0) is 30.7 Å². The molecule has 0 saturated carbocycles. The van der Waals surface area contributed by atoms with Crippen molar-refractivity contribution in [2.45, 2.75) is 12.5 Å². The van der Waals surface area contributed by atoms with Gasteiger partial charge in [-0.1, -0.05) is 36.4 Å². The Labute approximate surface area is 147 Å². The first-order valence-corrected chi connectivity index (χ1v) is 8.36. The molecule has 2 aromatic rings. The van der Waals surface area contributed by atoms with Crippen molar-refractivity contribution < 1.29 is 9.59 Å². The predicted octanol–water partition coefficient (Wildman–Crippen LogP) is 2.54. The summed E-state index contributed by atoms with van der Waals surface area (Å²) in [6, 6.07) is 17.6. The standard InChI is InChI=1S/C19H21N4O2/c24-18(21-15-8-3-1-4-9-15)17-14-20-12-7-13-23(17)19(25)22-16-10-5-2-6-11-16/h1-6,8-11,17H,7,12-14H2,(H,21,24)(H,22,25). The SMILES string of the molecule is O=C(Nc1ccccc1)C1C[N]CCCN1C(=O)Nc1ccccc1. The van der Waals surface area contributed by atoms with Gasteiger partial charge < -0.3 is 15.5 Å². The molecule has 2 aromatic carbocycles. The Morgan fingerprint density at radius 2 is 1.52 bits per heavy atom. The van der Waals surface area contributed by atoms with Gasteiger partial charge in [-0.2, -0.15) is 0 Å². The maximum atomic E-state index is 12.7. The van der Waals surface area contributed by atoms with Crippen LogP contribution in [0.5, 0.6) is 0 Å². The fraction of sp³-hybridized carbons (Fsp3) is 0.263. The Morgan fingerprint density at radius 1 is 0.920 bits per heavy atom. The molecule has 25 heavy (non-hydrogen) atoms. The minimum atomic E-state index is -0.619. The second-order valence-corrected chi connectivity index (χ2v) is 5.84. The van der Waals surface area contributed by atoms with Gasteiger partial charge in [0.05, 0.1) is 0 Å². The molecular weight excluding hydrogens is 316 g/mol. The van der Waals surface area contributed by atoms with Crippen molar-refractivity contribution in [3.8, 4) is 0 Å². The maximum Gasteiger partial charge on any atom is 0.322 e. The lowest BCUT2D eigenvalue weighted by molar-refractivity contribution is -0.120. The summed E-state index contributed by atoms with van der Waals surface area (Å²) >= 11 is 0. The summed E-state index contributed by atoms with van der Waals surface area (Å²) < 4.78 is 0. The van der Waals surface area contributed by atoms with Crippen LogP contribution in [0.25, 0.3) is 0 Å². The van der Waals surface area contributed by atoms with Crippen molar-refractivity contribution in [2.75, 3.05) is 30.3 Å². The number of hydrogen-bond donors (Lipinski definition) is 2. The third kappa shape index (κ3) is 4.58. The highest BCUT2D eigenvalue weighted by Crippen LogP contribution is 2.13. The number of amides is 3. The van der Waals surface area contributed by atoms with Crippen molar-refractivity contribution in [3.05, 3.63) is 60.7 Å². The van der Waals surface area contributed by atoms with Gasteiger partial charge in [-0.15, -0.1) is 0 Å². The molecule has 3 amide bonds. The highest BCUT2D eigenvalue weighted by atomic mass is 16.2. The molecule has 129 valence electrons. The average Bonchev–Trinajstić information content (AvgIpc) is 2.89. The van der Waals surface area contributed by atoms with E-state index in [4.69, 9.17) is 0 Å². The summed E-state index contributed by atoms with van der Waals surface area (Å²) in [4.78, 5) is 26.9. The number of nitrogens with one attached hydrogen (secondary N) is 2. The molecule has 3 rings (SSSR count). The van der Waals surface area contributed by atoms with Crippen LogP contribution in [0.1, 0.15) is 6.42 Å². The number of carbonyl (C=O) groups is 2. The molecule has 1 heterocycles. The fourth-order valence-electron chi connectivity index (χ4n) is 2.75. The number of benzene rings is 2. The van der Waals surface area contributed by atoms with Crippen LogP contribution in [0.15, 0.2) is 60.7 Å². The van der Waals surface area contributed by atoms with E-state index < -0.39 is 6.04 Å². The molecule has 1 unspecified atom stereocenters. The van der Waals surface area contributed by atoms with Gasteiger partial charge in [-0.25, -0.2) is 10.1 Å². The van der Waals surface area contributed by atoms with E-state index in [1.54, 1.807) is 4.90 Å². The number of anilines is 2. The number of urea groups is 1. The first-order valence-electron chi connectivity index (χ1n) is 8.36. The summed E-state index contributed by atoms with van der Waals surface area (Å²) in [5.41, 5.74) is 1.41. The lowest BCUT2D eigenvalue weighted by Crippen LogP contribution is -2.51. The van der Waals surface area contributed by atoms with Crippen molar-refractivity contribution in [1.29, 1.82) is 0 Å². The normalized spacial score (nSPS) is 17.4. The Kier molecular flexibility index (Phi) is 5.64. The Bertz CT molecular complexity index is 644. The molecular formula is C19H21N4O2. The zero-order valence-corrected chi connectivity index (χ0v) is 13.9. The molecule has 0 spiro atoms. The van der Waals surface area contributed by atoms with Gasteiger partial charge in [-0.3, -0.25) is 4.79 Å². The van der Waals surface area contributed by atoms with Crippen LogP contribution in [-0.4, -0.2) is 42.5 Å². The smallest absolute Gasteiger partial charge is 0.322 e. The van der Waals surface area contributed by atoms with Crippen molar-refractivity contribution in [1.82, 2.24) is 10.2 Å². The largest absolute Gasteiger partial charge is 0.324 e. The van der Waals surface area contributed by atoms with E-state index in [2.05, 4.69) is 16.0 Å². The van der Waals surface area contributed by atoms with Crippen molar-refractivity contribution >= 4 is 23.3 Å². The van der Waals surface area contributed by atoms with Crippen molar-refractivity contribution in [3.63, 3.8) is 0 Å². The molecule has 0 bridgehead atoms. The van der Waals surface area contributed by atoms with E-state index in [0.717, 1.165) is 6.42 Å². The van der Waals surface area contributed by atoms with E-state index >= 15 is 0 Å². The van der Waals surface area contributed by atoms with E-state index in [1.807, 2.05) is 60.7 Å². The Hall–Kier alpha value is -2.86. The number of para-hydroxylation sites is 2. The molecule has 0 aromatic heterocycles. The number of rotatable bonds is 3. The summed E-state index contributed by atoms with van der Waals surface area (Å²) in [7, 11) is 0. The molecule has 1 saturated heterocycles. The van der Waals surface area contributed by atoms with Crippen LogP contribution in [0.3, 0.4) is 0 Å². The van der Waals surface area contributed by atoms with Crippen LogP contribution in [0.2, 0.25) is 0 Å². The van der Waals surface area contributed by atoms with E-state index in [-0.39, 0.29) is 11.9 Å². The highest BCUT2D eigenvalue weighted by Gasteiger charge is 2.31. The van der Waals surface area contributed by atoms with Crippen LogP contribution in [-0.2, 0) is 4.79 Å². The van der Waals surface area contributed by atoms with Gasteiger partial charge in [0.25, 0.3) is 0 Å². The molecule has 0 aliphatic carbocycles. The van der Waals surface area contributed by atoms with Gasteiger partial charge in [0.15, 0.2) is 0 Å². The summed E-state index contributed by atoms with van der Waals surface area (Å²) in [5, 5.41) is 10.1. The van der Waals surface area contributed by atoms with Crippen LogP contribution in [0, 0.1) is 0 Å². The predicted molar refractivity (Wildman–Crippen MR) is 97.5 cm³/mol. The monoisotopic (exact) mass is 337 g/mol. The summed E-state index contributed by atoms with van der Waals surface area (Å²) in [6.07, 6.45) is 0.747. The number of nitrogens with zero attached hydrogens (tertiary/aromatic N) is 2. The molecule has 1 aliphatic rings. The molecule has 1 aliphatic heterocycles. The van der Waals surface area contributed by atoms with Gasteiger partial charge in [0.2, 0.25) is 5.91 Å². The third-order valence-electron chi connectivity index (χ3n) is 4.02. The molecule has 1 fully saturated rings. The Balaban J connectivity index is 1.72. The van der Waals surface area contributed by atoms with E-state index in [0.29, 0.717) is 31.0 Å². The van der Waals surface area contributed by atoms with E-state index in [1.165, 1.54) is 0 Å². The minimum Gasteiger partial charge on any atom is -0.324 e. The first kappa shape index (κ1) is 17.0. The lowest BCUT2D eigenvalue weighted by atomic mass is 10.2. The maximum absolute atomic E-state index is 12.7. The minimum absolute atomic E-state index is 0.222. The number of carbonyl (C=O) groups excluding carboxylic acids is 2. The fourth-order valence-corrected chi connectivity index (χ4v) is 2.75. The summed E-state index contributed by atoms with van der Waals surface area (Å²) in [6.45, 7) is 1.46. The second kappa shape index (κ2) is 8.30. The second-order valence-electron chi connectivity index (χ2n) is 5.84. The molecule has 6 heteroatoms. The zero-order chi connectivity index (χ0) is 17.5. The van der Waals surface area contributed by atoms with Crippen LogP contribution < -0.4 is 16.0 Å². The quantitative estimate of drug-likeness (QED) is 0.903. The molecule has 1 atom stereocenters. The van der Waals surface area contributed by atoms with Crippen LogP contribution >= 0.6 is 0 Å². The third-order valence-corrected chi connectivity index (χ3v) is 4.02. The highest BCUT2D eigenvalue weighted by molar-refractivity contribution is 5.99. The molecule has 1 radical (unpaired) electrons. The first-order chi connectivity index (χ1) is 12.2. The molecule has 6 nitrogen and oxygen atoms in total. The number of hydrogen-bond acceptors (Lipinski definition) is 2. The lowest BCUT2D eigenvalue weighted by Gasteiger charge is -2.28. The van der Waals surface area contributed by atoms with Crippen LogP contribution in [0.4, 0.5) is 16.2 Å².